The van der Waals surface area contributed by atoms with Crippen molar-refractivity contribution in [3.63, 3.8) is 0 Å². The molecule has 19 heavy (non-hydrogen) atoms. The summed E-state index contributed by atoms with van der Waals surface area (Å²) in [7, 11) is 3.34. The molecule has 1 rings (SSSR count). The summed E-state index contributed by atoms with van der Waals surface area (Å²) in [5.74, 6) is 0.654. The number of nitrogens with two attached hydrogens (primary N) is 1. The second-order valence-electron chi connectivity index (χ2n) is 4.96. The smallest absolute Gasteiger partial charge is 0.235 e. The Morgan fingerprint density at radius 1 is 1.42 bits per heavy atom. The van der Waals surface area contributed by atoms with E-state index in [0.717, 1.165) is 11.3 Å². The Labute approximate surface area is 119 Å². The van der Waals surface area contributed by atoms with E-state index in [1.165, 1.54) is 0 Å². The van der Waals surface area contributed by atoms with Crippen LogP contribution in [0.25, 0.3) is 0 Å². The fourth-order valence-corrected chi connectivity index (χ4v) is 1.83. The molecule has 104 valence electrons. The van der Waals surface area contributed by atoms with Crippen molar-refractivity contribution in [1.82, 2.24) is 4.90 Å². The third-order valence-corrected chi connectivity index (χ3v) is 3.61. The molecule has 0 unspecified atom stereocenters. The molecule has 0 aromatic heterocycles. The highest BCUT2D eigenvalue weighted by Gasteiger charge is 2.33. The van der Waals surface area contributed by atoms with Gasteiger partial charge < -0.3 is 15.4 Å². The minimum absolute atomic E-state index is 0.106. The highest BCUT2D eigenvalue weighted by atomic mass is 32.1. The van der Waals surface area contributed by atoms with E-state index in [-0.39, 0.29) is 10.9 Å². The first-order valence-corrected chi connectivity index (χ1v) is 6.39. The van der Waals surface area contributed by atoms with Crippen molar-refractivity contribution in [2.24, 2.45) is 11.1 Å². The van der Waals surface area contributed by atoms with Gasteiger partial charge in [0.05, 0.1) is 17.5 Å². The molecule has 5 heteroatoms. The molecule has 0 radical (unpaired) electrons. The van der Waals surface area contributed by atoms with Gasteiger partial charge in [0, 0.05) is 19.2 Å². The summed E-state index contributed by atoms with van der Waals surface area (Å²) in [5.41, 5.74) is 5.72. The van der Waals surface area contributed by atoms with Crippen LogP contribution in [0.5, 0.6) is 5.75 Å². The number of amides is 1. The Morgan fingerprint density at radius 2 is 2.00 bits per heavy atom. The Hall–Kier alpha value is -1.62. The van der Waals surface area contributed by atoms with Crippen molar-refractivity contribution < 1.29 is 9.53 Å². The Morgan fingerprint density at radius 3 is 2.53 bits per heavy atom. The number of ether oxygens (including phenoxy) is 1. The number of thiocarbonyl (C=S) groups is 1. The van der Waals surface area contributed by atoms with Crippen molar-refractivity contribution in [3.8, 4) is 5.75 Å². The first-order valence-electron chi connectivity index (χ1n) is 5.98. The van der Waals surface area contributed by atoms with Crippen molar-refractivity contribution in [1.29, 1.82) is 0 Å². The molecule has 0 saturated carbocycles. The van der Waals surface area contributed by atoms with Crippen molar-refractivity contribution >= 4 is 23.1 Å². The fourth-order valence-electron chi connectivity index (χ4n) is 1.74. The summed E-state index contributed by atoms with van der Waals surface area (Å²) in [5, 5.41) is 0. The highest BCUT2D eigenvalue weighted by molar-refractivity contribution is 7.80. The number of carbonyl (C=O) groups excluding carboxylic acids is 1. The molecule has 0 saturated heterocycles. The number of methoxy groups -OCH3 is 1. The van der Waals surface area contributed by atoms with E-state index < -0.39 is 5.41 Å². The molecule has 0 spiro atoms. The lowest BCUT2D eigenvalue weighted by atomic mass is 9.91. The van der Waals surface area contributed by atoms with Crippen LogP contribution < -0.4 is 10.5 Å². The molecule has 1 aromatic rings. The van der Waals surface area contributed by atoms with Crippen LogP contribution in [-0.4, -0.2) is 30.0 Å². The maximum Gasteiger partial charge on any atom is 0.235 e. The first kappa shape index (κ1) is 15.4. The predicted molar refractivity (Wildman–Crippen MR) is 80.0 cm³/mol. The molecule has 0 aliphatic carbocycles. The lowest BCUT2D eigenvalue weighted by molar-refractivity contribution is -0.136. The van der Waals surface area contributed by atoms with E-state index in [1.54, 1.807) is 32.9 Å². The largest absolute Gasteiger partial charge is 0.496 e. The third-order valence-electron chi connectivity index (χ3n) is 3.10. The van der Waals surface area contributed by atoms with Gasteiger partial charge in [0.1, 0.15) is 5.75 Å². The topological polar surface area (TPSA) is 55.6 Å². The normalized spacial score (nSPS) is 10.9. The molecule has 0 aliphatic rings. The molecule has 0 fully saturated rings. The summed E-state index contributed by atoms with van der Waals surface area (Å²) < 4.78 is 5.27. The average Bonchev–Trinajstić information content (AvgIpc) is 2.38. The summed E-state index contributed by atoms with van der Waals surface area (Å²) in [4.78, 5) is 14.1. The molecular weight excluding hydrogens is 260 g/mol. The highest BCUT2D eigenvalue weighted by Crippen LogP contribution is 2.23. The minimum atomic E-state index is -0.841. The maximum absolute atomic E-state index is 12.3. The van der Waals surface area contributed by atoms with Crippen molar-refractivity contribution in [2.45, 2.75) is 20.4 Å². The quantitative estimate of drug-likeness (QED) is 0.838. The van der Waals surface area contributed by atoms with Crippen LogP contribution in [0, 0.1) is 5.41 Å². The van der Waals surface area contributed by atoms with Crippen molar-refractivity contribution in [2.75, 3.05) is 14.2 Å². The zero-order chi connectivity index (χ0) is 14.6. The molecule has 0 bridgehead atoms. The van der Waals surface area contributed by atoms with Gasteiger partial charge >= 0.3 is 0 Å². The standard InChI is InChI=1S/C14H20N2O2S/c1-14(2,12(15)19)13(17)16(3)9-10-7-5-6-8-11(10)18-4/h5-8H,9H2,1-4H3,(H2,15,19). The van der Waals surface area contributed by atoms with E-state index in [0.29, 0.717) is 6.54 Å². The molecule has 4 nitrogen and oxygen atoms in total. The first-order chi connectivity index (χ1) is 8.80. The van der Waals surface area contributed by atoms with Gasteiger partial charge in [-0.25, -0.2) is 0 Å². The summed E-state index contributed by atoms with van der Waals surface area (Å²) in [6, 6.07) is 7.60. The van der Waals surface area contributed by atoms with E-state index in [1.807, 2.05) is 24.3 Å². The van der Waals surface area contributed by atoms with E-state index in [4.69, 9.17) is 22.7 Å². The van der Waals surface area contributed by atoms with Gasteiger partial charge in [-0.3, -0.25) is 4.79 Å². The van der Waals surface area contributed by atoms with Crippen LogP contribution >= 0.6 is 12.2 Å². The van der Waals surface area contributed by atoms with Crippen molar-refractivity contribution in [3.05, 3.63) is 29.8 Å². The third kappa shape index (κ3) is 3.44. The number of rotatable bonds is 5. The second kappa shape index (κ2) is 6.02. The minimum Gasteiger partial charge on any atom is -0.496 e. The monoisotopic (exact) mass is 280 g/mol. The lowest BCUT2D eigenvalue weighted by Crippen LogP contribution is -2.45. The molecular formula is C14H20N2O2S. The molecule has 2 N–H and O–H groups in total. The van der Waals surface area contributed by atoms with Gasteiger partial charge in [0.15, 0.2) is 0 Å². The SMILES string of the molecule is COc1ccccc1CN(C)C(=O)C(C)(C)C(N)=S. The second-order valence-corrected chi connectivity index (χ2v) is 5.40. The lowest BCUT2D eigenvalue weighted by Gasteiger charge is -2.28. The van der Waals surface area contributed by atoms with Crippen LogP contribution in [0.2, 0.25) is 0 Å². The number of hydrogen-bond donors (Lipinski definition) is 1. The zero-order valence-corrected chi connectivity index (χ0v) is 12.6. The number of benzene rings is 1. The van der Waals surface area contributed by atoms with Crippen LogP contribution in [0.4, 0.5) is 0 Å². The predicted octanol–water partition coefficient (Wildman–Crippen LogP) is 1.97. The summed E-state index contributed by atoms with van der Waals surface area (Å²) in [6.45, 7) is 3.92. The Bertz CT molecular complexity index is 486. The van der Waals surface area contributed by atoms with E-state index in [2.05, 4.69) is 0 Å². The van der Waals surface area contributed by atoms with Crippen LogP contribution in [0.15, 0.2) is 24.3 Å². The number of carbonyl (C=O) groups is 1. The molecule has 0 atom stereocenters. The molecule has 1 amide bonds. The number of hydrogen-bond acceptors (Lipinski definition) is 3. The maximum atomic E-state index is 12.3. The fraction of sp³-hybridized carbons (Fsp3) is 0.429. The van der Waals surface area contributed by atoms with Crippen LogP contribution in [0.1, 0.15) is 19.4 Å². The van der Waals surface area contributed by atoms with E-state index >= 15 is 0 Å². The van der Waals surface area contributed by atoms with Gasteiger partial charge in [-0.05, 0) is 19.9 Å². The van der Waals surface area contributed by atoms with Gasteiger partial charge in [-0.1, -0.05) is 30.4 Å². The van der Waals surface area contributed by atoms with Gasteiger partial charge in [-0.15, -0.1) is 0 Å². The van der Waals surface area contributed by atoms with E-state index in [9.17, 15) is 4.79 Å². The molecule has 0 aliphatic heterocycles. The summed E-state index contributed by atoms with van der Waals surface area (Å²) in [6.07, 6.45) is 0. The van der Waals surface area contributed by atoms with Gasteiger partial charge in [-0.2, -0.15) is 0 Å². The Kier molecular flexibility index (Phi) is 4.89. The van der Waals surface area contributed by atoms with Gasteiger partial charge in [0.2, 0.25) is 5.91 Å². The Balaban J connectivity index is 2.88. The summed E-state index contributed by atoms with van der Waals surface area (Å²) >= 11 is 4.95. The van der Waals surface area contributed by atoms with Gasteiger partial charge in [0.25, 0.3) is 0 Å². The molecule has 1 aromatic carbocycles. The van der Waals surface area contributed by atoms with Crippen LogP contribution in [-0.2, 0) is 11.3 Å². The molecule has 0 heterocycles. The zero-order valence-electron chi connectivity index (χ0n) is 11.8. The number of para-hydroxylation sites is 1. The number of nitrogens with zero attached hydrogens (tertiary/aromatic N) is 1. The average molecular weight is 280 g/mol. The van der Waals surface area contributed by atoms with Crippen LogP contribution in [0.3, 0.4) is 0 Å².